The van der Waals surface area contributed by atoms with Gasteiger partial charge in [0.25, 0.3) is 0 Å². The van der Waals surface area contributed by atoms with Gasteiger partial charge >= 0.3 is 0 Å². The second-order valence-corrected chi connectivity index (χ2v) is 3.97. The van der Waals surface area contributed by atoms with Crippen molar-refractivity contribution in [2.45, 2.75) is 18.6 Å². The molecule has 0 fully saturated rings. The fraction of sp³-hybridized carbons (Fsp3) is 0.750. The van der Waals surface area contributed by atoms with Crippen molar-refractivity contribution >= 4 is 17.7 Å². The molecule has 0 saturated carbocycles. The van der Waals surface area contributed by atoms with Crippen LogP contribution in [0, 0.1) is 0 Å². The van der Waals surface area contributed by atoms with Crippen molar-refractivity contribution in [3.63, 3.8) is 0 Å². The Morgan fingerprint density at radius 1 is 1.56 bits per heavy atom. The van der Waals surface area contributed by atoms with Crippen LogP contribution in [0.1, 0.15) is 6.92 Å². The van der Waals surface area contributed by atoms with E-state index in [1.54, 1.807) is 4.68 Å². The zero-order chi connectivity index (χ0) is 11.8. The summed E-state index contributed by atoms with van der Waals surface area (Å²) >= 11 is 1.34. The minimum atomic E-state index is -0.00401. The van der Waals surface area contributed by atoms with Crippen LogP contribution >= 0.6 is 11.8 Å². The van der Waals surface area contributed by atoms with Crippen LogP contribution in [-0.2, 0) is 11.3 Å². The first-order chi connectivity index (χ1) is 7.77. The summed E-state index contributed by atoms with van der Waals surface area (Å²) in [5.74, 6) is 0.337. The molecule has 1 aromatic rings. The van der Waals surface area contributed by atoms with Crippen molar-refractivity contribution in [1.29, 1.82) is 0 Å². The Labute approximate surface area is 98.4 Å². The summed E-state index contributed by atoms with van der Waals surface area (Å²) in [5.41, 5.74) is 0. The average molecular weight is 244 g/mol. The SMILES string of the molecule is CCNC(=O)CSc1nnnn1CCNC. The Balaban J connectivity index is 2.41. The minimum absolute atomic E-state index is 0.00401. The summed E-state index contributed by atoms with van der Waals surface area (Å²) in [7, 11) is 1.87. The number of carbonyl (C=O) groups excluding carboxylic acids is 1. The quantitative estimate of drug-likeness (QED) is 0.606. The lowest BCUT2D eigenvalue weighted by atomic mass is 10.6. The Morgan fingerprint density at radius 3 is 3.06 bits per heavy atom. The summed E-state index contributed by atoms with van der Waals surface area (Å²) in [5, 5.41) is 17.7. The Morgan fingerprint density at radius 2 is 2.38 bits per heavy atom. The van der Waals surface area contributed by atoms with E-state index in [9.17, 15) is 4.79 Å². The predicted molar refractivity (Wildman–Crippen MR) is 61.2 cm³/mol. The third-order valence-electron chi connectivity index (χ3n) is 1.78. The van der Waals surface area contributed by atoms with E-state index in [-0.39, 0.29) is 5.91 Å². The molecular weight excluding hydrogens is 228 g/mol. The van der Waals surface area contributed by atoms with E-state index < -0.39 is 0 Å². The van der Waals surface area contributed by atoms with Crippen LogP contribution in [0.15, 0.2) is 5.16 Å². The summed E-state index contributed by atoms with van der Waals surface area (Å²) < 4.78 is 1.68. The number of likely N-dealkylation sites (N-methyl/N-ethyl adjacent to an activating group) is 1. The predicted octanol–water partition coefficient (Wildman–Crippen LogP) is -0.879. The molecule has 0 aliphatic rings. The topological polar surface area (TPSA) is 84.7 Å². The van der Waals surface area contributed by atoms with Gasteiger partial charge in [0.15, 0.2) is 0 Å². The van der Waals surface area contributed by atoms with Gasteiger partial charge in [-0.1, -0.05) is 11.8 Å². The first-order valence-electron chi connectivity index (χ1n) is 5.08. The zero-order valence-electron chi connectivity index (χ0n) is 9.43. The lowest BCUT2D eigenvalue weighted by Gasteiger charge is -2.03. The molecule has 0 aliphatic heterocycles. The minimum Gasteiger partial charge on any atom is -0.356 e. The molecular formula is C8H16N6OS. The number of nitrogens with zero attached hydrogens (tertiary/aromatic N) is 4. The van der Waals surface area contributed by atoms with Gasteiger partial charge in [-0.05, 0) is 24.4 Å². The number of carbonyl (C=O) groups is 1. The van der Waals surface area contributed by atoms with Crippen LogP contribution in [0.2, 0.25) is 0 Å². The number of thioether (sulfide) groups is 1. The van der Waals surface area contributed by atoms with Crippen LogP contribution in [-0.4, -0.2) is 52.0 Å². The van der Waals surface area contributed by atoms with Crippen LogP contribution in [0.4, 0.5) is 0 Å². The van der Waals surface area contributed by atoms with E-state index in [1.807, 2.05) is 14.0 Å². The molecule has 0 saturated heterocycles. The first kappa shape index (κ1) is 12.9. The van der Waals surface area contributed by atoms with Crippen molar-refractivity contribution < 1.29 is 4.79 Å². The monoisotopic (exact) mass is 244 g/mol. The molecule has 8 heteroatoms. The number of aromatic nitrogens is 4. The molecule has 0 aliphatic carbocycles. The molecule has 2 N–H and O–H groups in total. The smallest absolute Gasteiger partial charge is 0.230 e. The summed E-state index contributed by atoms with van der Waals surface area (Å²) in [6.45, 7) is 4.02. The van der Waals surface area contributed by atoms with E-state index in [1.165, 1.54) is 11.8 Å². The van der Waals surface area contributed by atoms with E-state index in [0.717, 1.165) is 6.54 Å². The molecule has 90 valence electrons. The van der Waals surface area contributed by atoms with Crippen molar-refractivity contribution in [2.75, 3.05) is 25.9 Å². The lowest BCUT2D eigenvalue weighted by molar-refractivity contribution is -0.118. The zero-order valence-corrected chi connectivity index (χ0v) is 10.3. The molecule has 1 heterocycles. The largest absolute Gasteiger partial charge is 0.356 e. The number of nitrogens with one attached hydrogen (secondary N) is 2. The van der Waals surface area contributed by atoms with Gasteiger partial charge in [0.1, 0.15) is 0 Å². The van der Waals surface area contributed by atoms with Gasteiger partial charge in [-0.2, -0.15) is 0 Å². The number of hydrogen-bond acceptors (Lipinski definition) is 6. The Bertz CT molecular complexity index is 328. The van der Waals surface area contributed by atoms with E-state index >= 15 is 0 Å². The second kappa shape index (κ2) is 7.18. The highest BCUT2D eigenvalue weighted by atomic mass is 32.2. The number of tetrazole rings is 1. The highest BCUT2D eigenvalue weighted by molar-refractivity contribution is 7.99. The summed E-state index contributed by atoms with van der Waals surface area (Å²) in [6.07, 6.45) is 0. The molecule has 1 aromatic heterocycles. The van der Waals surface area contributed by atoms with Gasteiger partial charge in [0.05, 0.1) is 12.3 Å². The molecule has 1 rings (SSSR count). The van der Waals surface area contributed by atoms with Crippen molar-refractivity contribution in [3.05, 3.63) is 0 Å². The number of rotatable bonds is 7. The molecule has 0 spiro atoms. The summed E-state index contributed by atoms with van der Waals surface area (Å²) in [4.78, 5) is 11.2. The highest BCUT2D eigenvalue weighted by Crippen LogP contribution is 2.12. The van der Waals surface area contributed by atoms with E-state index in [0.29, 0.717) is 24.0 Å². The highest BCUT2D eigenvalue weighted by Gasteiger charge is 2.08. The van der Waals surface area contributed by atoms with E-state index in [2.05, 4.69) is 26.2 Å². The van der Waals surface area contributed by atoms with Crippen LogP contribution in [0.3, 0.4) is 0 Å². The maximum atomic E-state index is 11.2. The van der Waals surface area contributed by atoms with Gasteiger partial charge in [-0.15, -0.1) is 5.10 Å². The van der Waals surface area contributed by atoms with Gasteiger partial charge in [-0.25, -0.2) is 4.68 Å². The molecule has 7 nitrogen and oxygen atoms in total. The van der Waals surface area contributed by atoms with Crippen molar-refractivity contribution in [2.24, 2.45) is 0 Å². The molecule has 0 radical (unpaired) electrons. The number of amides is 1. The normalized spacial score (nSPS) is 10.4. The second-order valence-electron chi connectivity index (χ2n) is 3.03. The Kier molecular flexibility index (Phi) is 5.79. The number of hydrogen-bond donors (Lipinski definition) is 2. The lowest BCUT2D eigenvalue weighted by Crippen LogP contribution is -2.24. The maximum Gasteiger partial charge on any atom is 0.230 e. The van der Waals surface area contributed by atoms with Gasteiger partial charge in [0.2, 0.25) is 11.1 Å². The van der Waals surface area contributed by atoms with E-state index in [4.69, 9.17) is 0 Å². The van der Waals surface area contributed by atoms with Crippen LogP contribution in [0.25, 0.3) is 0 Å². The summed E-state index contributed by atoms with van der Waals surface area (Å²) in [6, 6.07) is 0. The van der Waals surface area contributed by atoms with Gasteiger partial charge in [-0.3, -0.25) is 4.79 Å². The van der Waals surface area contributed by atoms with Gasteiger partial charge < -0.3 is 10.6 Å². The maximum absolute atomic E-state index is 11.2. The van der Waals surface area contributed by atoms with Crippen LogP contribution < -0.4 is 10.6 Å². The van der Waals surface area contributed by atoms with Gasteiger partial charge in [0, 0.05) is 13.1 Å². The molecule has 0 unspecified atom stereocenters. The molecule has 0 bridgehead atoms. The standard InChI is InChI=1S/C8H16N6OS/c1-3-10-7(15)6-16-8-11-12-13-14(8)5-4-9-2/h9H,3-6H2,1-2H3,(H,10,15). The third-order valence-corrected chi connectivity index (χ3v) is 2.74. The van der Waals surface area contributed by atoms with Crippen LogP contribution in [0.5, 0.6) is 0 Å². The fourth-order valence-electron chi connectivity index (χ4n) is 1.04. The molecule has 16 heavy (non-hydrogen) atoms. The molecule has 0 aromatic carbocycles. The fourth-order valence-corrected chi connectivity index (χ4v) is 1.77. The first-order valence-corrected chi connectivity index (χ1v) is 6.06. The van der Waals surface area contributed by atoms with Crippen molar-refractivity contribution in [1.82, 2.24) is 30.8 Å². The molecule has 0 atom stereocenters. The average Bonchev–Trinajstić information content (AvgIpc) is 2.71. The third kappa shape index (κ3) is 4.15. The Hall–Kier alpha value is -1.15. The molecule has 1 amide bonds. The van der Waals surface area contributed by atoms with Crippen molar-refractivity contribution in [3.8, 4) is 0 Å².